The van der Waals surface area contributed by atoms with Crippen molar-refractivity contribution >= 4 is 29.6 Å². The Hall–Kier alpha value is -3.52. The smallest absolute Gasteiger partial charge is 0.322 e. The number of aromatic amines is 1. The summed E-state index contributed by atoms with van der Waals surface area (Å²) in [6.45, 7) is -1.52. The second-order valence-corrected chi connectivity index (χ2v) is 5.97. The second-order valence-electron chi connectivity index (χ2n) is 5.97. The summed E-state index contributed by atoms with van der Waals surface area (Å²) >= 11 is 0. The third-order valence-electron chi connectivity index (χ3n) is 3.60. The highest BCUT2D eigenvalue weighted by Gasteiger charge is 2.29. The maximum Gasteiger partial charge on any atom is 0.322 e. The number of nitrogens with one attached hydrogen (secondary N) is 4. The van der Waals surface area contributed by atoms with E-state index in [0.29, 0.717) is 5.69 Å². The topological polar surface area (TPSA) is 243 Å². The predicted molar refractivity (Wildman–Crippen MR) is 95.7 cm³/mol. The molecule has 14 nitrogen and oxygen atoms in total. The number of nitrogens with two attached hydrogens (primary N) is 2. The monoisotopic (exact) mass is 413 g/mol. The van der Waals surface area contributed by atoms with Crippen molar-refractivity contribution in [2.24, 2.45) is 11.5 Å². The summed E-state index contributed by atoms with van der Waals surface area (Å²) in [6, 6.07) is -4.00. The van der Waals surface area contributed by atoms with Gasteiger partial charge in [0.05, 0.1) is 25.4 Å². The van der Waals surface area contributed by atoms with Crippen molar-refractivity contribution < 1.29 is 34.2 Å². The van der Waals surface area contributed by atoms with Gasteiger partial charge in [-0.05, 0) is 0 Å². The van der Waals surface area contributed by atoms with Crippen LogP contribution in [0.3, 0.4) is 0 Å². The molecule has 0 aromatic carbocycles. The number of hydrogen-bond donors (Lipinski definition) is 8. The molecule has 29 heavy (non-hydrogen) atoms. The molecule has 0 aliphatic heterocycles. The minimum Gasteiger partial charge on any atom is -0.480 e. The molecule has 0 saturated heterocycles. The van der Waals surface area contributed by atoms with E-state index in [1.54, 1.807) is 0 Å². The number of H-pyrrole nitrogens is 1. The van der Waals surface area contributed by atoms with Gasteiger partial charge in [0, 0.05) is 18.3 Å². The number of aliphatic carboxylic acids is 1. The Kier molecular flexibility index (Phi) is 9.21. The van der Waals surface area contributed by atoms with Gasteiger partial charge in [0.2, 0.25) is 23.6 Å². The van der Waals surface area contributed by atoms with Crippen LogP contribution >= 0.6 is 0 Å². The average molecular weight is 413 g/mol. The van der Waals surface area contributed by atoms with Gasteiger partial charge in [0.25, 0.3) is 0 Å². The normalized spacial score (nSPS) is 13.6. The predicted octanol–water partition coefficient (Wildman–Crippen LogP) is -4.68. The third kappa shape index (κ3) is 8.35. The molecule has 3 atom stereocenters. The van der Waals surface area contributed by atoms with Gasteiger partial charge < -0.3 is 42.6 Å². The summed E-state index contributed by atoms with van der Waals surface area (Å²) in [7, 11) is 0. The lowest BCUT2D eigenvalue weighted by Crippen LogP contribution is -2.57. The molecule has 4 amide bonds. The third-order valence-corrected chi connectivity index (χ3v) is 3.60. The molecule has 1 rings (SSSR count). The van der Waals surface area contributed by atoms with E-state index in [0.717, 1.165) is 0 Å². The molecule has 1 aromatic heterocycles. The van der Waals surface area contributed by atoms with E-state index >= 15 is 0 Å². The van der Waals surface area contributed by atoms with Crippen molar-refractivity contribution in [3.05, 3.63) is 18.2 Å². The lowest BCUT2D eigenvalue weighted by atomic mass is 10.1. The van der Waals surface area contributed by atoms with Crippen LogP contribution < -0.4 is 27.4 Å². The number of nitrogens with zero attached hydrogens (tertiary/aromatic N) is 1. The van der Waals surface area contributed by atoms with Gasteiger partial charge in [-0.2, -0.15) is 0 Å². The van der Waals surface area contributed by atoms with Gasteiger partial charge in [0.15, 0.2) is 0 Å². The van der Waals surface area contributed by atoms with Gasteiger partial charge in [-0.1, -0.05) is 0 Å². The molecule has 10 N–H and O–H groups in total. The summed E-state index contributed by atoms with van der Waals surface area (Å²) in [5, 5.41) is 24.5. The average Bonchev–Trinajstić information content (AvgIpc) is 3.15. The van der Waals surface area contributed by atoms with E-state index < -0.39 is 67.3 Å². The number of carboxylic acids is 1. The summed E-state index contributed by atoms with van der Waals surface area (Å²) in [4.78, 5) is 64.5. The molecule has 1 heterocycles. The number of aliphatic hydroxyl groups excluding tert-OH is 1. The molecule has 0 fully saturated rings. The first-order valence-electron chi connectivity index (χ1n) is 8.36. The molecule has 0 bridgehead atoms. The van der Waals surface area contributed by atoms with Crippen LogP contribution in [0.25, 0.3) is 0 Å². The van der Waals surface area contributed by atoms with E-state index in [1.807, 2.05) is 5.32 Å². The Labute approximate surface area is 164 Å². The Balaban J connectivity index is 2.85. The molecule has 14 heteroatoms. The van der Waals surface area contributed by atoms with E-state index in [1.165, 1.54) is 12.5 Å². The van der Waals surface area contributed by atoms with Gasteiger partial charge in [-0.25, -0.2) is 4.98 Å². The molecule has 3 unspecified atom stereocenters. The Morgan fingerprint density at radius 2 is 1.76 bits per heavy atom. The van der Waals surface area contributed by atoms with Crippen molar-refractivity contribution in [3.8, 4) is 0 Å². The Morgan fingerprint density at radius 3 is 2.28 bits per heavy atom. The van der Waals surface area contributed by atoms with Crippen LogP contribution in [0.5, 0.6) is 0 Å². The fourth-order valence-electron chi connectivity index (χ4n) is 2.17. The van der Waals surface area contributed by atoms with Crippen LogP contribution in [0.1, 0.15) is 12.1 Å². The number of rotatable bonds is 12. The van der Waals surface area contributed by atoms with Gasteiger partial charge in [-0.15, -0.1) is 0 Å². The van der Waals surface area contributed by atoms with Gasteiger partial charge in [-0.3, -0.25) is 24.0 Å². The zero-order chi connectivity index (χ0) is 22.0. The zero-order valence-corrected chi connectivity index (χ0v) is 15.3. The molecule has 1 aromatic rings. The van der Waals surface area contributed by atoms with E-state index in [9.17, 15) is 29.1 Å². The zero-order valence-electron chi connectivity index (χ0n) is 15.3. The second kappa shape index (κ2) is 11.4. The minimum atomic E-state index is -1.46. The SMILES string of the molecule is NC(=O)CC(N)C(=O)NC(Cc1cnc[nH]1)C(=O)NC(CO)C(=O)NCC(=O)O. The van der Waals surface area contributed by atoms with Gasteiger partial charge in [0.1, 0.15) is 18.6 Å². The van der Waals surface area contributed by atoms with Crippen LogP contribution in [0.15, 0.2) is 12.5 Å². The van der Waals surface area contributed by atoms with Gasteiger partial charge >= 0.3 is 5.97 Å². The van der Waals surface area contributed by atoms with Crippen molar-refractivity contribution in [2.75, 3.05) is 13.2 Å². The molecule has 0 aliphatic rings. The summed E-state index contributed by atoms with van der Waals surface area (Å²) in [6.07, 6.45) is 2.23. The van der Waals surface area contributed by atoms with Crippen molar-refractivity contribution in [3.63, 3.8) is 0 Å². The first-order chi connectivity index (χ1) is 13.6. The standard InChI is InChI=1S/C15H23N7O7/c16-8(2-11(17)24)13(27)21-9(1-7-3-18-6-20-7)15(29)22-10(5-23)14(28)19-4-12(25)26/h3,6,8-10,23H,1-2,4-5,16H2,(H2,17,24)(H,18,20)(H,19,28)(H,21,27)(H,22,29)(H,25,26). The summed E-state index contributed by atoms with van der Waals surface area (Å²) < 4.78 is 0. The quantitative estimate of drug-likeness (QED) is 0.164. The number of imidazole rings is 1. The number of amides is 4. The molecule has 0 saturated carbocycles. The van der Waals surface area contributed by atoms with E-state index in [2.05, 4.69) is 20.6 Å². The molecule has 160 valence electrons. The number of aromatic nitrogens is 2. The maximum absolute atomic E-state index is 12.6. The van der Waals surface area contributed by atoms with Crippen molar-refractivity contribution in [2.45, 2.75) is 31.0 Å². The number of carboxylic acid groups (broad SMARTS) is 1. The van der Waals surface area contributed by atoms with Crippen LogP contribution in [0, 0.1) is 0 Å². The maximum atomic E-state index is 12.6. The molecule has 0 spiro atoms. The highest BCUT2D eigenvalue weighted by molar-refractivity contribution is 5.94. The fraction of sp³-hybridized carbons (Fsp3) is 0.467. The lowest BCUT2D eigenvalue weighted by molar-refractivity contribution is -0.138. The largest absolute Gasteiger partial charge is 0.480 e. The Morgan fingerprint density at radius 1 is 1.10 bits per heavy atom. The highest BCUT2D eigenvalue weighted by atomic mass is 16.4. The molecular formula is C15H23N7O7. The number of hydrogen-bond acceptors (Lipinski definition) is 8. The summed E-state index contributed by atoms with van der Waals surface area (Å²) in [5.41, 5.74) is 11.0. The molecule has 0 aliphatic carbocycles. The molecule has 0 radical (unpaired) electrons. The first-order valence-corrected chi connectivity index (χ1v) is 8.36. The number of carbonyl (C=O) groups excluding carboxylic acids is 4. The van der Waals surface area contributed by atoms with E-state index in [-0.39, 0.29) is 6.42 Å². The van der Waals surface area contributed by atoms with E-state index in [4.69, 9.17) is 16.6 Å². The molecular weight excluding hydrogens is 390 g/mol. The highest BCUT2D eigenvalue weighted by Crippen LogP contribution is 2.01. The summed E-state index contributed by atoms with van der Waals surface area (Å²) in [5.74, 6) is -4.74. The first kappa shape index (κ1) is 23.5. The van der Waals surface area contributed by atoms with Crippen molar-refractivity contribution in [1.29, 1.82) is 0 Å². The Bertz CT molecular complexity index is 737. The van der Waals surface area contributed by atoms with Crippen LogP contribution in [0.2, 0.25) is 0 Å². The van der Waals surface area contributed by atoms with Crippen LogP contribution in [-0.4, -0.2) is 81.1 Å². The lowest BCUT2D eigenvalue weighted by Gasteiger charge is -2.22. The number of aliphatic hydroxyl groups is 1. The minimum absolute atomic E-state index is 0.0737. The number of carbonyl (C=O) groups is 5. The van der Waals surface area contributed by atoms with Crippen LogP contribution in [0.4, 0.5) is 0 Å². The fourth-order valence-corrected chi connectivity index (χ4v) is 2.17. The van der Waals surface area contributed by atoms with Crippen molar-refractivity contribution in [1.82, 2.24) is 25.9 Å². The van der Waals surface area contributed by atoms with Crippen LogP contribution in [-0.2, 0) is 30.4 Å². The number of primary amides is 1.